The molecule has 1 heterocycles. The van der Waals surface area contributed by atoms with Gasteiger partial charge in [-0.3, -0.25) is 10.2 Å². The van der Waals surface area contributed by atoms with Crippen LogP contribution in [0.25, 0.3) is 11.0 Å². The van der Waals surface area contributed by atoms with Crippen molar-refractivity contribution in [3.8, 4) is 0 Å². The predicted molar refractivity (Wildman–Crippen MR) is 67.6 cm³/mol. The number of H-pyrrole nitrogens is 1. The zero-order valence-electron chi connectivity index (χ0n) is 10.3. The maximum Gasteiger partial charge on any atom is 0.273 e. The van der Waals surface area contributed by atoms with Gasteiger partial charge in [-0.2, -0.15) is 0 Å². The molecule has 0 amide bonds. The highest BCUT2D eigenvalue weighted by atomic mass is 16.6. The van der Waals surface area contributed by atoms with E-state index in [1.54, 1.807) is 0 Å². The lowest BCUT2D eigenvalue weighted by molar-refractivity contribution is -0.601. The molecule has 0 saturated heterocycles. The molecule has 4 N–H and O–H groups in total. The number of aromatic nitrogens is 2. The van der Waals surface area contributed by atoms with Crippen LogP contribution in [0.15, 0.2) is 22.8 Å². The fraction of sp³-hybridized carbons (Fsp3) is 0.385. The third-order valence-electron chi connectivity index (χ3n) is 3.61. The zero-order valence-corrected chi connectivity index (χ0v) is 10.3. The van der Waals surface area contributed by atoms with Gasteiger partial charge < -0.3 is 5.73 Å². The molecule has 1 aliphatic rings. The molecule has 1 aromatic heterocycles. The van der Waals surface area contributed by atoms with Crippen LogP contribution in [0, 0.1) is 11.3 Å². The molecule has 2 aromatic rings. The summed E-state index contributed by atoms with van der Waals surface area (Å²) in [6, 6.07) is 5.79. The van der Waals surface area contributed by atoms with Gasteiger partial charge in [0, 0.05) is 24.3 Å². The number of nitrogens with zero attached hydrogens (tertiary/aromatic N) is 1. The summed E-state index contributed by atoms with van der Waals surface area (Å²) in [4.78, 5) is 12.0. The lowest BCUT2D eigenvalue weighted by Crippen LogP contribution is -2.13. The topological polar surface area (TPSA) is 107 Å². The number of ketones is 1. The van der Waals surface area contributed by atoms with E-state index in [0.717, 1.165) is 23.0 Å². The van der Waals surface area contributed by atoms with Crippen molar-refractivity contribution in [1.29, 1.82) is 5.41 Å². The van der Waals surface area contributed by atoms with Crippen LogP contribution in [0.3, 0.4) is 0 Å². The van der Waals surface area contributed by atoms with E-state index in [1.165, 1.54) is 0 Å². The van der Waals surface area contributed by atoms with Crippen molar-refractivity contribution in [3.63, 3.8) is 0 Å². The van der Waals surface area contributed by atoms with Crippen molar-refractivity contribution in [2.45, 2.75) is 25.2 Å². The Bertz CT molecular complexity index is 649. The van der Waals surface area contributed by atoms with Crippen molar-refractivity contribution in [2.24, 2.45) is 11.7 Å². The number of benzene rings is 1. The molecule has 0 spiro atoms. The van der Waals surface area contributed by atoms with E-state index in [2.05, 4.69) is 10.3 Å². The molecule has 0 bridgehead atoms. The largest absolute Gasteiger partial charge is 0.388 e. The van der Waals surface area contributed by atoms with Crippen LogP contribution < -0.4 is 10.9 Å². The van der Waals surface area contributed by atoms with E-state index in [-0.39, 0.29) is 23.5 Å². The second-order valence-corrected chi connectivity index (χ2v) is 4.97. The van der Waals surface area contributed by atoms with E-state index in [0.29, 0.717) is 12.8 Å². The van der Waals surface area contributed by atoms with E-state index in [1.807, 2.05) is 18.2 Å². The van der Waals surface area contributed by atoms with Gasteiger partial charge in [0.1, 0.15) is 5.78 Å². The van der Waals surface area contributed by atoms with Gasteiger partial charge >= 0.3 is 0 Å². The van der Waals surface area contributed by atoms with E-state index >= 15 is 0 Å². The Hall–Kier alpha value is -2.24. The molecule has 6 heteroatoms. The molecule has 1 aliphatic carbocycles. The standard InChI is InChI=1S/C13H14N4O2/c14-12(15)5-4-11(18)9-6-8(9)7-2-1-3-10-13(7)17-19-16-10/h1-3,8-9H,4-6H2,(H3,14,15)/p+1/t8?,9-/m0/s1. The molecule has 0 aliphatic heterocycles. The third kappa shape index (κ3) is 2.21. The maximum atomic E-state index is 12.0. The van der Waals surface area contributed by atoms with Crippen LogP contribution in [-0.4, -0.2) is 16.8 Å². The number of nitrogens with two attached hydrogens (primary N) is 1. The fourth-order valence-electron chi connectivity index (χ4n) is 2.51. The highest BCUT2D eigenvalue weighted by Crippen LogP contribution is 2.49. The van der Waals surface area contributed by atoms with E-state index in [4.69, 9.17) is 15.8 Å². The minimum Gasteiger partial charge on any atom is -0.388 e. The number of Topliss-reactive ketones (excluding diaryl/α,β-unsaturated/α-hetero) is 1. The number of para-hydroxylation sites is 1. The molecule has 2 atom stereocenters. The summed E-state index contributed by atoms with van der Waals surface area (Å²) < 4.78 is 4.85. The second kappa shape index (κ2) is 4.46. The number of hydrogen-bond donors (Lipinski definition) is 2. The molecular formula is C13H15N4O2+. The number of carbonyl (C=O) groups excluding carboxylic acids is 1. The van der Waals surface area contributed by atoms with E-state index in [9.17, 15) is 4.79 Å². The predicted octanol–water partition coefficient (Wildman–Crippen LogP) is 1.03. The fourth-order valence-corrected chi connectivity index (χ4v) is 2.51. The monoisotopic (exact) mass is 259 g/mol. The van der Waals surface area contributed by atoms with Gasteiger partial charge in [0.15, 0.2) is 5.16 Å². The average Bonchev–Trinajstić information content (AvgIpc) is 3.04. The van der Waals surface area contributed by atoms with Crippen molar-refractivity contribution < 1.29 is 14.6 Å². The van der Waals surface area contributed by atoms with Crippen molar-refractivity contribution in [1.82, 2.24) is 5.16 Å². The number of hydrogen-bond acceptors (Lipinski definition) is 4. The summed E-state index contributed by atoms with van der Waals surface area (Å²) in [6.45, 7) is 0. The average molecular weight is 259 g/mol. The van der Waals surface area contributed by atoms with Gasteiger partial charge in [0.05, 0.1) is 5.84 Å². The summed E-state index contributed by atoms with van der Waals surface area (Å²) in [5.74, 6) is 0.542. The van der Waals surface area contributed by atoms with Gasteiger partial charge in [0.25, 0.3) is 5.52 Å². The third-order valence-corrected chi connectivity index (χ3v) is 3.61. The normalized spacial score (nSPS) is 21.5. The molecule has 1 unspecified atom stereocenters. The Morgan fingerprint density at radius 2 is 2.37 bits per heavy atom. The maximum absolute atomic E-state index is 12.0. The summed E-state index contributed by atoms with van der Waals surface area (Å²) in [7, 11) is 0. The lowest BCUT2D eigenvalue weighted by Gasteiger charge is -1.99. The first-order valence-electron chi connectivity index (χ1n) is 6.28. The Morgan fingerprint density at radius 1 is 1.53 bits per heavy atom. The van der Waals surface area contributed by atoms with Crippen LogP contribution in [-0.2, 0) is 4.79 Å². The van der Waals surface area contributed by atoms with Gasteiger partial charge in [-0.05, 0) is 18.4 Å². The summed E-state index contributed by atoms with van der Waals surface area (Å²) >= 11 is 0. The van der Waals surface area contributed by atoms with Crippen LogP contribution in [0.1, 0.15) is 30.7 Å². The van der Waals surface area contributed by atoms with E-state index < -0.39 is 0 Å². The number of aromatic amines is 1. The van der Waals surface area contributed by atoms with Gasteiger partial charge in [-0.1, -0.05) is 21.9 Å². The van der Waals surface area contributed by atoms with Crippen LogP contribution in [0.2, 0.25) is 0 Å². The first-order chi connectivity index (χ1) is 9.16. The molecular weight excluding hydrogens is 244 g/mol. The lowest BCUT2D eigenvalue weighted by atomic mass is 10.0. The SMILES string of the molecule is N=C(N)CCC(=O)[C@H]1CC1c1cccc2no[nH+]c12. The zero-order chi connectivity index (χ0) is 13.4. The Morgan fingerprint density at radius 3 is 3.16 bits per heavy atom. The number of carbonyl (C=O) groups is 1. The van der Waals surface area contributed by atoms with Crippen LogP contribution in [0.5, 0.6) is 0 Å². The van der Waals surface area contributed by atoms with Crippen LogP contribution >= 0.6 is 0 Å². The molecule has 1 aromatic carbocycles. The first kappa shape index (κ1) is 11.8. The molecule has 3 rings (SSSR count). The Labute approximate surface area is 109 Å². The van der Waals surface area contributed by atoms with Crippen molar-refractivity contribution in [2.75, 3.05) is 0 Å². The summed E-state index contributed by atoms with van der Waals surface area (Å²) in [6.07, 6.45) is 1.57. The highest BCUT2D eigenvalue weighted by molar-refractivity contribution is 5.90. The molecule has 1 saturated carbocycles. The summed E-state index contributed by atoms with van der Waals surface area (Å²) in [5, 5.41) is 13.8. The van der Waals surface area contributed by atoms with Crippen molar-refractivity contribution in [3.05, 3.63) is 23.8 Å². The van der Waals surface area contributed by atoms with Gasteiger partial charge in [-0.25, -0.2) is 0 Å². The molecule has 1 fully saturated rings. The number of rotatable bonds is 5. The van der Waals surface area contributed by atoms with Gasteiger partial charge in [0.2, 0.25) is 5.52 Å². The number of nitrogens with one attached hydrogen (secondary N) is 2. The molecule has 6 nitrogen and oxygen atoms in total. The molecule has 98 valence electrons. The quantitative estimate of drug-likeness (QED) is 0.617. The van der Waals surface area contributed by atoms with Crippen molar-refractivity contribution >= 4 is 22.7 Å². The molecule has 19 heavy (non-hydrogen) atoms. The van der Waals surface area contributed by atoms with Gasteiger partial charge in [-0.15, -0.1) is 0 Å². The van der Waals surface area contributed by atoms with Crippen LogP contribution in [0.4, 0.5) is 0 Å². The minimum absolute atomic E-state index is 0.0493. The number of amidine groups is 1. The number of fused-ring (bicyclic) bond motifs is 1. The minimum atomic E-state index is 0.0493. The Kier molecular flexibility index (Phi) is 2.77. The Balaban J connectivity index is 1.74. The second-order valence-electron chi connectivity index (χ2n) is 4.97. The first-order valence-corrected chi connectivity index (χ1v) is 6.28. The summed E-state index contributed by atoms with van der Waals surface area (Å²) in [5.41, 5.74) is 8.00. The highest BCUT2D eigenvalue weighted by Gasteiger charge is 2.45. The smallest absolute Gasteiger partial charge is 0.273 e. The molecule has 0 radical (unpaired) electrons.